The van der Waals surface area contributed by atoms with E-state index in [4.69, 9.17) is 0 Å². The van der Waals surface area contributed by atoms with Gasteiger partial charge in [0.05, 0.1) is 0 Å². The van der Waals surface area contributed by atoms with Crippen molar-refractivity contribution in [3.8, 4) is 0 Å². The lowest BCUT2D eigenvalue weighted by Crippen LogP contribution is -2.04. The van der Waals surface area contributed by atoms with Crippen LogP contribution in [0.4, 0.5) is 0 Å². The lowest BCUT2D eigenvalue weighted by molar-refractivity contribution is 0.367. The maximum absolute atomic E-state index is 2.40. The van der Waals surface area contributed by atoms with E-state index in [0.29, 0.717) is 0 Å². The van der Waals surface area contributed by atoms with E-state index in [2.05, 4.69) is 20.8 Å². The molecule has 0 heterocycles. The van der Waals surface area contributed by atoms with Crippen LogP contribution in [0.1, 0.15) is 60.3 Å². The third-order valence-electron chi connectivity index (χ3n) is 3.13. The summed E-state index contributed by atoms with van der Waals surface area (Å²) in [5.41, 5.74) is 0. The predicted octanol–water partition coefficient (Wildman–Crippen LogP) is 4.49. The summed E-state index contributed by atoms with van der Waals surface area (Å²) < 4.78 is 0. The first-order valence-electron chi connectivity index (χ1n) is 5.77. The van der Waals surface area contributed by atoms with Crippen LogP contribution >= 0.6 is 0 Å². The van der Waals surface area contributed by atoms with Crippen LogP contribution in [0.2, 0.25) is 0 Å². The van der Waals surface area contributed by atoms with Crippen LogP contribution in [0, 0.1) is 17.8 Å². The molecule has 74 valence electrons. The van der Waals surface area contributed by atoms with Crippen molar-refractivity contribution in [2.24, 2.45) is 17.8 Å². The molecule has 1 aliphatic carbocycles. The SMILES string of the molecule is CC.CCC1CC(C)CC1CC. The molecule has 12 heavy (non-hydrogen) atoms. The zero-order valence-corrected chi connectivity index (χ0v) is 9.56. The lowest BCUT2D eigenvalue weighted by atomic mass is 9.92. The van der Waals surface area contributed by atoms with Crippen molar-refractivity contribution in [2.75, 3.05) is 0 Å². The molecule has 0 aliphatic heterocycles. The smallest absolute Gasteiger partial charge is 0.0386 e. The molecule has 2 atom stereocenters. The topological polar surface area (TPSA) is 0 Å². The van der Waals surface area contributed by atoms with Crippen molar-refractivity contribution < 1.29 is 0 Å². The fraction of sp³-hybridized carbons (Fsp3) is 1.00. The van der Waals surface area contributed by atoms with Gasteiger partial charge in [0.25, 0.3) is 0 Å². The van der Waals surface area contributed by atoms with Crippen molar-refractivity contribution >= 4 is 0 Å². The Kier molecular flexibility index (Phi) is 6.51. The molecule has 0 nitrogen and oxygen atoms in total. The minimum atomic E-state index is 1.01. The van der Waals surface area contributed by atoms with Gasteiger partial charge in [-0.2, -0.15) is 0 Å². The summed E-state index contributed by atoms with van der Waals surface area (Å²) in [6.07, 6.45) is 5.80. The van der Waals surface area contributed by atoms with E-state index >= 15 is 0 Å². The molecule has 0 spiro atoms. The van der Waals surface area contributed by atoms with Crippen molar-refractivity contribution in [1.29, 1.82) is 0 Å². The fourth-order valence-corrected chi connectivity index (χ4v) is 2.51. The second-order valence-corrected chi connectivity index (χ2v) is 3.91. The van der Waals surface area contributed by atoms with Crippen molar-refractivity contribution in [2.45, 2.75) is 60.3 Å². The molecule has 1 aliphatic rings. The van der Waals surface area contributed by atoms with Gasteiger partial charge in [0.2, 0.25) is 0 Å². The lowest BCUT2D eigenvalue weighted by Gasteiger charge is -2.14. The van der Waals surface area contributed by atoms with Crippen LogP contribution in [0.3, 0.4) is 0 Å². The minimum absolute atomic E-state index is 1.01. The molecule has 2 unspecified atom stereocenters. The Morgan fingerprint density at radius 3 is 1.50 bits per heavy atom. The van der Waals surface area contributed by atoms with Crippen molar-refractivity contribution in [3.63, 3.8) is 0 Å². The van der Waals surface area contributed by atoms with Gasteiger partial charge in [-0.25, -0.2) is 0 Å². The molecule has 0 bridgehead atoms. The summed E-state index contributed by atoms with van der Waals surface area (Å²) in [7, 11) is 0. The Bertz CT molecular complexity index is 84.2. The van der Waals surface area contributed by atoms with Crippen molar-refractivity contribution in [1.82, 2.24) is 0 Å². The quantitative estimate of drug-likeness (QED) is 0.572. The molecule has 0 radical (unpaired) electrons. The maximum atomic E-state index is 2.40. The van der Waals surface area contributed by atoms with E-state index in [9.17, 15) is 0 Å². The third-order valence-corrected chi connectivity index (χ3v) is 3.13. The Morgan fingerprint density at radius 1 is 0.917 bits per heavy atom. The molecular weight excluding hydrogens is 144 g/mol. The fourth-order valence-electron chi connectivity index (χ4n) is 2.51. The molecule has 0 aromatic rings. The summed E-state index contributed by atoms with van der Waals surface area (Å²) in [5.74, 6) is 3.12. The van der Waals surface area contributed by atoms with Gasteiger partial charge in [0.1, 0.15) is 0 Å². The van der Waals surface area contributed by atoms with E-state index in [0.717, 1.165) is 17.8 Å². The monoisotopic (exact) mass is 170 g/mol. The molecular formula is C12H26. The van der Waals surface area contributed by atoms with Gasteiger partial charge < -0.3 is 0 Å². The first kappa shape index (κ1) is 12.0. The van der Waals surface area contributed by atoms with E-state index in [1.54, 1.807) is 0 Å². The Hall–Kier alpha value is 0. The molecule has 0 aromatic carbocycles. The van der Waals surface area contributed by atoms with E-state index in [1.165, 1.54) is 25.7 Å². The van der Waals surface area contributed by atoms with Crippen LogP contribution in [0.5, 0.6) is 0 Å². The Labute approximate surface area is 78.8 Å². The van der Waals surface area contributed by atoms with E-state index in [-0.39, 0.29) is 0 Å². The molecule has 0 aromatic heterocycles. The Morgan fingerprint density at radius 2 is 1.25 bits per heavy atom. The highest BCUT2D eigenvalue weighted by molar-refractivity contribution is 4.79. The second kappa shape index (κ2) is 6.51. The minimum Gasteiger partial charge on any atom is -0.0683 e. The number of hydrogen-bond donors (Lipinski definition) is 0. The second-order valence-electron chi connectivity index (χ2n) is 3.91. The van der Waals surface area contributed by atoms with E-state index < -0.39 is 0 Å². The molecule has 0 amide bonds. The van der Waals surface area contributed by atoms with Gasteiger partial charge in [-0.15, -0.1) is 0 Å². The molecule has 0 saturated heterocycles. The zero-order chi connectivity index (χ0) is 9.56. The van der Waals surface area contributed by atoms with Crippen LogP contribution in [-0.2, 0) is 0 Å². The molecule has 1 rings (SSSR count). The van der Waals surface area contributed by atoms with E-state index in [1.807, 2.05) is 13.8 Å². The highest BCUT2D eigenvalue weighted by Gasteiger charge is 2.28. The predicted molar refractivity (Wildman–Crippen MR) is 57.3 cm³/mol. The van der Waals surface area contributed by atoms with Crippen LogP contribution in [0.15, 0.2) is 0 Å². The van der Waals surface area contributed by atoms with Gasteiger partial charge in [0, 0.05) is 0 Å². The van der Waals surface area contributed by atoms with Gasteiger partial charge in [0.15, 0.2) is 0 Å². The zero-order valence-electron chi connectivity index (χ0n) is 9.56. The Balaban J connectivity index is 0.000000561. The van der Waals surface area contributed by atoms with Crippen LogP contribution in [-0.4, -0.2) is 0 Å². The summed E-state index contributed by atoms with van der Waals surface area (Å²) in [6.45, 7) is 11.1. The largest absolute Gasteiger partial charge is 0.0683 e. The summed E-state index contributed by atoms with van der Waals surface area (Å²) >= 11 is 0. The highest BCUT2D eigenvalue weighted by Crippen LogP contribution is 2.39. The normalized spacial score (nSPS) is 34.2. The standard InChI is InChI=1S/C10H20.C2H6/c1-4-9-6-8(3)7-10(9)5-2;1-2/h8-10H,4-7H2,1-3H3;1-2H3. The van der Waals surface area contributed by atoms with Gasteiger partial charge in [-0.3, -0.25) is 0 Å². The number of rotatable bonds is 2. The molecule has 1 fully saturated rings. The average molecular weight is 170 g/mol. The van der Waals surface area contributed by atoms with Crippen LogP contribution in [0.25, 0.3) is 0 Å². The maximum Gasteiger partial charge on any atom is -0.0386 e. The number of hydrogen-bond acceptors (Lipinski definition) is 0. The molecule has 0 heteroatoms. The van der Waals surface area contributed by atoms with Gasteiger partial charge >= 0.3 is 0 Å². The first-order chi connectivity index (χ1) is 5.77. The summed E-state index contributed by atoms with van der Waals surface area (Å²) in [5, 5.41) is 0. The van der Waals surface area contributed by atoms with Gasteiger partial charge in [-0.1, -0.05) is 47.5 Å². The van der Waals surface area contributed by atoms with Gasteiger partial charge in [-0.05, 0) is 30.6 Å². The summed E-state index contributed by atoms with van der Waals surface area (Å²) in [6, 6.07) is 0. The average Bonchev–Trinajstić information content (AvgIpc) is 2.49. The molecule has 1 saturated carbocycles. The van der Waals surface area contributed by atoms with Crippen LogP contribution < -0.4 is 0 Å². The summed E-state index contributed by atoms with van der Waals surface area (Å²) in [4.78, 5) is 0. The first-order valence-corrected chi connectivity index (χ1v) is 5.77. The molecule has 0 N–H and O–H groups in total. The third kappa shape index (κ3) is 3.16. The van der Waals surface area contributed by atoms with Crippen molar-refractivity contribution in [3.05, 3.63) is 0 Å². The highest BCUT2D eigenvalue weighted by atomic mass is 14.3.